The van der Waals surface area contributed by atoms with Crippen molar-refractivity contribution >= 4 is 22.9 Å². The number of carbonyl (C=O) groups is 1. The molecule has 1 aromatic carbocycles. The molecule has 3 nitrogen and oxygen atoms in total. The lowest BCUT2D eigenvalue weighted by atomic mass is 10.0. The summed E-state index contributed by atoms with van der Waals surface area (Å²) in [5.41, 5.74) is 2.73. The highest BCUT2D eigenvalue weighted by Crippen LogP contribution is 2.26. The summed E-state index contributed by atoms with van der Waals surface area (Å²) in [6.07, 6.45) is 0. The molecule has 21 heavy (non-hydrogen) atoms. The number of thiophene rings is 1. The highest BCUT2D eigenvalue weighted by atomic mass is 32.1. The number of benzene rings is 1. The maximum absolute atomic E-state index is 12.5. The number of aryl methyl sites for hydroxylation is 1. The van der Waals surface area contributed by atoms with Gasteiger partial charge in [-0.05, 0) is 48.1 Å². The Hall–Kier alpha value is -1.81. The Labute approximate surface area is 130 Å². The molecule has 1 atom stereocenters. The van der Waals surface area contributed by atoms with Crippen LogP contribution in [-0.4, -0.2) is 13.0 Å². The van der Waals surface area contributed by atoms with Crippen LogP contribution in [0, 0.1) is 12.8 Å². The van der Waals surface area contributed by atoms with E-state index in [0.29, 0.717) is 5.92 Å². The average molecular weight is 302 g/mol. The van der Waals surface area contributed by atoms with Gasteiger partial charge >= 0.3 is 0 Å². The van der Waals surface area contributed by atoms with Crippen LogP contribution in [-0.2, 0) is 0 Å². The molecular formula is C17H22N2OS. The molecule has 0 saturated carbocycles. The zero-order chi connectivity index (χ0) is 15.4. The number of hydrogen-bond donors (Lipinski definition) is 2. The molecular weight excluding hydrogens is 280 g/mol. The van der Waals surface area contributed by atoms with Gasteiger partial charge in [0, 0.05) is 23.2 Å². The van der Waals surface area contributed by atoms with Gasteiger partial charge in [-0.2, -0.15) is 0 Å². The second-order valence-corrected chi connectivity index (χ2v) is 6.47. The van der Waals surface area contributed by atoms with E-state index in [-0.39, 0.29) is 11.9 Å². The number of amides is 1. The van der Waals surface area contributed by atoms with Crippen molar-refractivity contribution in [3.63, 3.8) is 0 Å². The summed E-state index contributed by atoms with van der Waals surface area (Å²) in [5.74, 6) is 0.340. The van der Waals surface area contributed by atoms with Crippen molar-refractivity contribution in [3.05, 3.63) is 51.7 Å². The molecule has 0 saturated heterocycles. The summed E-state index contributed by atoms with van der Waals surface area (Å²) >= 11 is 1.68. The first-order valence-corrected chi connectivity index (χ1v) is 8.03. The fraction of sp³-hybridized carbons (Fsp3) is 0.353. The van der Waals surface area contributed by atoms with E-state index in [1.807, 2.05) is 43.6 Å². The Kier molecular flexibility index (Phi) is 5.02. The quantitative estimate of drug-likeness (QED) is 0.868. The molecule has 4 heteroatoms. The van der Waals surface area contributed by atoms with Crippen molar-refractivity contribution in [2.75, 3.05) is 12.4 Å². The van der Waals surface area contributed by atoms with E-state index >= 15 is 0 Å². The third kappa shape index (κ3) is 3.64. The van der Waals surface area contributed by atoms with E-state index in [0.717, 1.165) is 16.8 Å². The van der Waals surface area contributed by atoms with Gasteiger partial charge in [0.2, 0.25) is 0 Å². The van der Waals surface area contributed by atoms with Gasteiger partial charge in [0.05, 0.1) is 6.04 Å². The van der Waals surface area contributed by atoms with Crippen molar-refractivity contribution in [3.8, 4) is 0 Å². The molecule has 112 valence electrons. The summed E-state index contributed by atoms with van der Waals surface area (Å²) in [5, 5.41) is 8.30. The largest absolute Gasteiger partial charge is 0.388 e. The minimum atomic E-state index is -0.0118. The summed E-state index contributed by atoms with van der Waals surface area (Å²) in [4.78, 5) is 13.7. The molecule has 2 N–H and O–H groups in total. The van der Waals surface area contributed by atoms with Crippen LogP contribution in [0.4, 0.5) is 5.69 Å². The van der Waals surface area contributed by atoms with E-state index < -0.39 is 0 Å². The summed E-state index contributed by atoms with van der Waals surface area (Å²) < 4.78 is 0. The molecule has 0 bridgehead atoms. The van der Waals surface area contributed by atoms with E-state index in [4.69, 9.17) is 0 Å². The zero-order valence-electron chi connectivity index (χ0n) is 12.9. The van der Waals surface area contributed by atoms with Gasteiger partial charge in [-0.3, -0.25) is 4.79 Å². The van der Waals surface area contributed by atoms with Gasteiger partial charge in [0.25, 0.3) is 5.91 Å². The molecule has 1 amide bonds. The molecule has 1 aromatic heterocycles. The highest BCUT2D eigenvalue weighted by Gasteiger charge is 2.20. The molecule has 0 aliphatic heterocycles. The van der Waals surface area contributed by atoms with E-state index in [2.05, 4.69) is 30.5 Å². The highest BCUT2D eigenvalue weighted by molar-refractivity contribution is 7.10. The molecule has 2 aromatic rings. The molecule has 2 rings (SSSR count). The molecule has 0 aliphatic carbocycles. The summed E-state index contributed by atoms with van der Waals surface area (Å²) in [6.45, 7) is 6.22. The molecule has 0 radical (unpaired) electrons. The molecule has 1 heterocycles. The second kappa shape index (κ2) is 6.76. The Morgan fingerprint density at radius 3 is 2.52 bits per heavy atom. The third-order valence-corrected chi connectivity index (χ3v) is 4.52. The number of anilines is 1. The van der Waals surface area contributed by atoms with Crippen LogP contribution in [0.3, 0.4) is 0 Å². The predicted molar refractivity (Wildman–Crippen MR) is 90.1 cm³/mol. The maximum Gasteiger partial charge on any atom is 0.252 e. The number of nitrogens with one attached hydrogen (secondary N) is 2. The van der Waals surface area contributed by atoms with Crippen LogP contribution < -0.4 is 10.6 Å². The molecule has 0 fully saturated rings. The third-order valence-electron chi connectivity index (χ3n) is 3.56. The number of hydrogen-bond acceptors (Lipinski definition) is 3. The topological polar surface area (TPSA) is 41.1 Å². The van der Waals surface area contributed by atoms with Crippen LogP contribution >= 0.6 is 11.3 Å². The fourth-order valence-corrected chi connectivity index (χ4v) is 3.28. The van der Waals surface area contributed by atoms with Crippen molar-refractivity contribution < 1.29 is 4.79 Å². The predicted octanol–water partition coefficient (Wildman–Crippen LogP) is 4.23. The van der Waals surface area contributed by atoms with Gasteiger partial charge in [-0.25, -0.2) is 0 Å². The monoisotopic (exact) mass is 302 g/mol. The lowest BCUT2D eigenvalue weighted by molar-refractivity contribution is 0.0926. The smallest absolute Gasteiger partial charge is 0.252 e. The SMILES string of the molecule is CNc1ccc(C(=O)NC(c2cccs2)C(C)C)c(C)c1. The normalized spacial score (nSPS) is 12.2. The number of carbonyl (C=O) groups excluding carboxylic acids is 1. The van der Waals surface area contributed by atoms with Crippen LogP contribution in [0.15, 0.2) is 35.7 Å². The Balaban J connectivity index is 2.20. The first-order valence-electron chi connectivity index (χ1n) is 7.15. The van der Waals surface area contributed by atoms with Crippen LogP contribution in [0.1, 0.15) is 40.7 Å². The Bertz CT molecular complexity index is 605. The van der Waals surface area contributed by atoms with Crippen molar-refractivity contribution in [2.45, 2.75) is 26.8 Å². The van der Waals surface area contributed by atoms with Gasteiger partial charge in [0.15, 0.2) is 0 Å². The summed E-state index contributed by atoms with van der Waals surface area (Å²) in [7, 11) is 1.88. The minimum absolute atomic E-state index is 0.0118. The van der Waals surface area contributed by atoms with Crippen molar-refractivity contribution in [2.24, 2.45) is 5.92 Å². The van der Waals surface area contributed by atoms with E-state index in [1.54, 1.807) is 11.3 Å². The standard InChI is InChI=1S/C17H22N2OS/c1-11(2)16(15-6-5-9-21-15)19-17(20)14-8-7-13(18-4)10-12(14)3/h5-11,16,18H,1-4H3,(H,19,20). The summed E-state index contributed by atoms with van der Waals surface area (Å²) in [6, 6.07) is 9.95. The first kappa shape index (κ1) is 15.6. The zero-order valence-corrected chi connectivity index (χ0v) is 13.8. The molecule has 1 unspecified atom stereocenters. The van der Waals surface area contributed by atoms with Gasteiger partial charge in [-0.1, -0.05) is 19.9 Å². The lowest BCUT2D eigenvalue weighted by Crippen LogP contribution is -2.31. The van der Waals surface area contributed by atoms with Gasteiger partial charge in [0.1, 0.15) is 0 Å². The molecule has 0 spiro atoms. The van der Waals surface area contributed by atoms with E-state index in [9.17, 15) is 4.79 Å². The average Bonchev–Trinajstić information content (AvgIpc) is 2.97. The minimum Gasteiger partial charge on any atom is -0.388 e. The second-order valence-electron chi connectivity index (χ2n) is 5.49. The Morgan fingerprint density at radius 1 is 1.24 bits per heavy atom. The lowest BCUT2D eigenvalue weighted by Gasteiger charge is -2.22. The van der Waals surface area contributed by atoms with Gasteiger partial charge in [-0.15, -0.1) is 11.3 Å². The fourth-order valence-electron chi connectivity index (χ4n) is 2.33. The maximum atomic E-state index is 12.5. The van der Waals surface area contributed by atoms with Crippen LogP contribution in [0.25, 0.3) is 0 Å². The van der Waals surface area contributed by atoms with Gasteiger partial charge < -0.3 is 10.6 Å². The van der Waals surface area contributed by atoms with Crippen molar-refractivity contribution in [1.29, 1.82) is 0 Å². The first-order chi connectivity index (χ1) is 10.0. The van der Waals surface area contributed by atoms with Crippen LogP contribution in [0.5, 0.6) is 0 Å². The Morgan fingerprint density at radius 2 is 2.00 bits per heavy atom. The molecule has 0 aliphatic rings. The van der Waals surface area contributed by atoms with Crippen LogP contribution in [0.2, 0.25) is 0 Å². The number of rotatable bonds is 5. The van der Waals surface area contributed by atoms with E-state index in [1.165, 1.54) is 4.88 Å². The van der Waals surface area contributed by atoms with Crippen molar-refractivity contribution in [1.82, 2.24) is 5.32 Å².